The molecule has 19 heavy (non-hydrogen) atoms. The van der Waals surface area contributed by atoms with Gasteiger partial charge in [-0.3, -0.25) is 0 Å². The van der Waals surface area contributed by atoms with E-state index < -0.39 is 0 Å². The van der Waals surface area contributed by atoms with Gasteiger partial charge >= 0.3 is 0 Å². The SMILES string of the molecule is COc1ccccc1C(N)CC1Cc2ccccc21. The van der Waals surface area contributed by atoms with Crippen LogP contribution >= 0.6 is 0 Å². The fraction of sp³-hybridized carbons (Fsp3) is 0.294. The van der Waals surface area contributed by atoms with Crippen molar-refractivity contribution in [1.82, 2.24) is 0 Å². The Bertz CT molecular complexity index is 579. The molecule has 0 heterocycles. The van der Waals surface area contributed by atoms with Crippen LogP contribution < -0.4 is 10.5 Å². The van der Waals surface area contributed by atoms with Crippen LogP contribution in [-0.4, -0.2) is 7.11 Å². The summed E-state index contributed by atoms with van der Waals surface area (Å²) in [5.74, 6) is 1.48. The maximum absolute atomic E-state index is 6.36. The van der Waals surface area contributed by atoms with Gasteiger partial charge in [0.2, 0.25) is 0 Å². The molecule has 0 spiro atoms. The number of hydrogen-bond donors (Lipinski definition) is 1. The topological polar surface area (TPSA) is 35.2 Å². The largest absolute Gasteiger partial charge is 0.496 e. The van der Waals surface area contributed by atoms with Gasteiger partial charge in [-0.15, -0.1) is 0 Å². The Morgan fingerprint density at radius 1 is 1.16 bits per heavy atom. The predicted octanol–water partition coefficient (Wildman–Crippen LogP) is 3.43. The number of nitrogens with two attached hydrogens (primary N) is 1. The number of hydrogen-bond acceptors (Lipinski definition) is 2. The monoisotopic (exact) mass is 253 g/mol. The van der Waals surface area contributed by atoms with Crippen molar-refractivity contribution in [1.29, 1.82) is 0 Å². The third-order valence-corrected chi connectivity index (χ3v) is 4.04. The third-order valence-electron chi connectivity index (χ3n) is 4.04. The minimum absolute atomic E-state index is 0.0366. The average molecular weight is 253 g/mol. The van der Waals surface area contributed by atoms with E-state index in [1.54, 1.807) is 7.11 Å². The molecular formula is C17H19NO. The van der Waals surface area contributed by atoms with Gasteiger partial charge in [0.15, 0.2) is 0 Å². The van der Waals surface area contributed by atoms with Crippen molar-refractivity contribution >= 4 is 0 Å². The van der Waals surface area contributed by atoms with Crippen LogP contribution in [0.4, 0.5) is 0 Å². The smallest absolute Gasteiger partial charge is 0.123 e. The Kier molecular flexibility index (Phi) is 3.26. The van der Waals surface area contributed by atoms with Crippen LogP contribution in [0.15, 0.2) is 48.5 Å². The standard InChI is InChI=1S/C17H19NO/c1-19-17-9-5-4-8-15(17)16(18)11-13-10-12-6-2-3-7-14(12)13/h2-9,13,16H,10-11,18H2,1H3. The minimum atomic E-state index is 0.0366. The van der Waals surface area contributed by atoms with Crippen LogP contribution in [0.2, 0.25) is 0 Å². The molecule has 1 aliphatic carbocycles. The highest BCUT2D eigenvalue weighted by Crippen LogP contribution is 2.41. The summed E-state index contributed by atoms with van der Waals surface area (Å²) in [6, 6.07) is 16.7. The second kappa shape index (κ2) is 5.06. The molecule has 3 rings (SSSR count). The number of para-hydroxylation sites is 1. The lowest BCUT2D eigenvalue weighted by Crippen LogP contribution is -2.23. The van der Waals surface area contributed by atoms with Gasteiger partial charge in [0.05, 0.1) is 7.11 Å². The molecule has 0 amide bonds. The van der Waals surface area contributed by atoms with Gasteiger partial charge in [0.25, 0.3) is 0 Å². The summed E-state index contributed by atoms with van der Waals surface area (Å²) in [6.45, 7) is 0. The number of fused-ring (bicyclic) bond motifs is 1. The van der Waals surface area contributed by atoms with Crippen LogP contribution in [0.25, 0.3) is 0 Å². The van der Waals surface area contributed by atoms with E-state index in [4.69, 9.17) is 10.5 Å². The molecule has 2 N–H and O–H groups in total. The maximum Gasteiger partial charge on any atom is 0.123 e. The first-order chi connectivity index (χ1) is 9.29. The highest BCUT2D eigenvalue weighted by atomic mass is 16.5. The van der Waals surface area contributed by atoms with E-state index in [0.717, 1.165) is 24.2 Å². The Balaban J connectivity index is 1.75. The van der Waals surface area contributed by atoms with E-state index in [1.807, 2.05) is 18.2 Å². The molecule has 0 saturated carbocycles. The Labute approximate surface area is 114 Å². The molecule has 98 valence electrons. The van der Waals surface area contributed by atoms with Gasteiger partial charge in [-0.25, -0.2) is 0 Å². The molecule has 2 heteroatoms. The lowest BCUT2D eigenvalue weighted by molar-refractivity contribution is 0.399. The molecule has 0 aliphatic heterocycles. The summed E-state index contributed by atoms with van der Waals surface area (Å²) in [5.41, 5.74) is 10.4. The van der Waals surface area contributed by atoms with Gasteiger partial charge < -0.3 is 10.5 Å². The number of benzene rings is 2. The second-order valence-electron chi connectivity index (χ2n) is 5.18. The van der Waals surface area contributed by atoms with Crippen LogP contribution in [0.3, 0.4) is 0 Å². The zero-order valence-electron chi connectivity index (χ0n) is 11.2. The fourth-order valence-corrected chi connectivity index (χ4v) is 2.98. The van der Waals surface area contributed by atoms with Crippen molar-refractivity contribution in [3.63, 3.8) is 0 Å². The summed E-state index contributed by atoms with van der Waals surface area (Å²) < 4.78 is 5.39. The number of methoxy groups -OCH3 is 1. The molecule has 0 aromatic heterocycles. The third kappa shape index (κ3) is 2.24. The van der Waals surface area contributed by atoms with Crippen molar-refractivity contribution in [3.05, 3.63) is 65.2 Å². The predicted molar refractivity (Wildman–Crippen MR) is 77.4 cm³/mol. The molecule has 2 atom stereocenters. The van der Waals surface area contributed by atoms with Gasteiger partial charge in [-0.05, 0) is 36.0 Å². The molecule has 2 aromatic rings. The van der Waals surface area contributed by atoms with Crippen LogP contribution in [0.1, 0.15) is 35.1 Å². The van der Waals surface area contributed by atoms with Gasteiger partial charge in [0, 0.05) is 11.6 Å². The zero-order valence-corrected chi connectivity index (χ0v) is 11.2. The molecule has 2 unspecified atom stereocenters. The van der Waals surface area contributed by atoms with Crippen LogP contribution in [0, 0.1) is 0 Å². The first-order valence-electron chi connectivity index (χ1n) is 6.76. The quantitative estimate of drug-likeness (QED) is 0.906. The normalized spacial score (nSPS) is 18.3. The minimum Gasteiger partial charge on any atom is -0.496 e. The average Bonchev–Trinajstić information content (AvgIpc) is 2.44. The zero-order chi connectivity index (χ0) is 13.2. The molecule has 0 bridgehead atoms. The molecule has 0 saturated heterocycles. The summed E-state index contributed by atoms with van der Waals surface area (Å²) in [5, 5.41) is 0. The van der Waals surface area contributed by atoms with Crippen LogP contribution in [-0.2, 0) is 6.42 Å². The molecule has 0 radical (unpaired) electrons. The van der Waals surface area contributed by atoms with Gasteiger partial charge in [-0.1, -0.05) is 42.5 Å². The van der Waals surface area contributed by atoms with E-state index in [9.17, 15) is 0 Å². The lowest BCUT2D eigenvalue weighted by atomic mass is 9.74. The van der Waals surface area contributed by atoms with Crippen molar-refractivity contribution in [2.24, 2.45) is 5.73 Å². The maximum atomic E-state index is 6.36. The number of rotatable bonds is 4. The molecular weight excluding hydrogens is 234 g/mol. The summed E-state index contributed by atoms with van der Waals surface area (Å²) in [7, 11) is 1.70. The summed E-state index contributed by atoms with van der Waals surface area (Å²) in [6.07, 6.45) is 2.14. The summed E-state index contributed by atoms with van der Waals surface area (Å²) >= 11 is 0. The van der Waals surface area contributed by atoms with Crippen molar-refractivity contribution in [2.45, 2.75) is 24.8 Å². The molecule has 1 aliphatic rings. The first-order valence-corrected chi connectivity index (χ1v) is 6.76. The van der Waals surface area contributed by atoms with E-state index in [0.29, 0.717) is 5.92 Å². The summed E-state index contributed by atoms with van der Waals surface area (Å²) in [4.78, 5) is 0. The van der Waals surface area contributed by atoms with Gasteiger partial charge in [-0.2, -0.15) is 0 Å². The van der Waals surface area contributed by atoms with E-state index >= 15 is 0 Å². The van der Waals surface area contributed by atoms with E-state index in [2.05, 4.69) is 30.3 Å². The van der Waals surface area contributed by atoms with E-state index in [-0.39, 0.29) is 6.04 Å². The Morgan fingerprint density at radius 3 is 2.68 bits per heavy atom. The van der Waals surface area contributed by atoms with Crippen LogP contribution in [0.5, 0.6) is 5.75 Å². The molecule has 2 aromatic carbocycles. The molecule has 2 nitrogen and oxygen atoms in total. The molecule has 0 fully saturated rings. The van der Waals surface area contributed by atoms with Crippen molar-refractivity contribution < 1.29 is 4.74 Å². The van der Waals surface area contributed by atoms with E-state index in [1.165, 1.54) is 11.1 Å². The highest BCUT2D eigenvalue weighted by molar-refractivity contribution is 5.41. The van der Waals surface area contributed by atoms with Crippen molar-refractivity contribution in [2.75, 3.05) is 7.11 Å². The highest BCUT2D eigenvalue weighted by Gasteiger charge is 2.28. The second-order valence-corrected chi connectivity index (χ2v) is 5.18. The Morgan fingerprint density at radius 2 is 1.89 bits per heavy atom. The fourth-order valence-electron chi connectivity index (χ4n) is 2.98. The number of ether oxygens (including phenoxy) is 1. The van der Waals surface area contributed by atoms with Gasteiger partial charge in [0.1, 0.15) is 5.75 Å². The first kappa shape index (κ1) is 12.2. The lowest BCUT2D eigenvalue weighted by Gasteiger charge is -2.32. The Hall–Kier alpha value is -1.80. The van der Waals surface area contributed by atoms with Crippen molar-refractivity contribution in [3.8, 4) is 5.75 Å².